The zero-order valence-electron chi connectivity index (χ0n) is 21.9. The number of H-pyrrole nitrogens is 1. The Kier molecular flexibility index (Phi) is 5.64. The van der Waals surface area contributed by atoms with Crippen molar-refractivity contribution in [1.29, 1.82) is 10.5 Å². The number of hydrogen-bond acceptors (Lipinski definition) is 6. The zero-order valence-corrected chi connectivity index (χ0v) is 21.9. The van der Waals surface area contributed by atoms with Gasteiger partial charge in [-0.25, -0.2) is 4.98 Å². The van der Waals surface area contributed by atoms with Crippen LogP contribution in [0.4, 0.5) is 0 Å². The molecule has 4 heterocycles. The molecule has 0 bridgehead atoms. The number of aromatic amines is 1. The van der Waals surface area contributed by atoms with E-state index in [0.29, 0.717) is 60.3 Å². The SMILES string of the molecule is N#Cc1cnn2c(=O)c3c(n(Cc4ccccc4)c12)C[C@@H](Cc1[nH]n2c(=O)c4c(nc2c1C#N)CCCC4)CC3. The largest absolute Gasteiger partial charge is 0.324 e. The van der Waals surface area contributed by atoms with E-state index in [1.807, 2.05) is 30.3 Å². The summed E-state index contributed by atoms with van der Waals surface area (Å²) in [6, 6.07) is 14.4. The first-order valence-corrected chi connectivity index (χ1v) is 13.7. The van der Waals surface area contributed by atoms with Crippen molar-refractivity contribution in [1.82, 2.24) is 28.8 Å². The van der Waals surface area contributed by atoms with E-state index in [1.54, 1.807) is 0 Å². The van der Waals surface area contributed by atoms with Crippen LogP contribution in [0.5, 0.6) is 0 Å². The normalized spacial score (nSPS) is 16.4. The molecule has 10 nitrogen and oxygen atoms in total. The van der Waals surface area contributed by atoms with Crippen molar-refractivity contribution < 1.29 is 0 Å². The Labute approximate surface area is 228 Å². The van der Waals surface area contributed by atoms with Crippen molar-refractivity contribution >= 4 is 11.3 Å². The van der Waals surface area contributed by atoms with E-state index in [2.05, 4.69) is 26.9 Å². The lowest BCUT2D eigenvalue weighted by Crippen LogP contribution is -2.32. The van der Waals surface area contributed by atoms with E-state index in [0.717, 1.165) is 53.8 Å². The monoisotopic (exact) mass is 530 g/mol. The lowest BCUT2D eigenvalue weighted by Gasteiger charge is -2.28. The predicted molar refractivity (Wildman–Crippen MR) is 146 cm³/mol. The van der Waals surface area contributed by atoms with Crippen LogP contribution in [0.3, 0.4) is 0 Å². The number of benzene rings is 1. The summed E-state index contributed by atoms with van der Waals surface area (Å²) in [7, 11) is 0. The highest BCUT2D eigenvalue weighted by Gasteiger charge is 2.29. The minimum Gasteiger partial charge on any atom is -0.324 e. The molecule has 4 aromatic heterocycles. The van der Waals surface area contributed by atoms with Crippen LogP contribution in [0, 0.1) is 28.6 Å². The summed E-state index contributed by atoms with van der Waals surface area (Å²) in [5, 5.41) is 27.3. The van der Waals surface area contributed by atoms with Crippen LogP contribution in [0.15, 0.2) is 46.1 Å². The fourth-order valence-electron chi connectivity index (χ4n) is 6.49. The van der Waals surface area contributed by atoms with Gasteiger partial charge in [0.2, 0.25) is 0 Å². The second kappa shape index (κ2) is 9.35. The van der Waals surface area contributed by atoms with Crippen molar-refractivity contribution in [2.75, 3.05) is 0 Å². The maximum absolute atomic E-state index is 13.4. The first-order valence-electron chi connectivity index (χ1n) is 13.7. The molecule has 0 fully saturated rings. The van der Waals surface area contributed by atoms with Crippen LogP contribution in [0.25, 0.3) is 11.3 Å². The van der Waals surface area contributed by atoms with E-state index < -0.39 is 0 Å². The summed E-state index contributed by atoms with van der Waals surface area (Å²) in [5.41, 5.74) is 6.31. The van der Waals surface area contributed by atoms with Crippen LogP contribution in [-0.2, 0) is 38.6 Å². The highest BCUT2D eigenvalue weighted by Crippen LogP contribution is 2.30. The number of aryl methyl sites for hydroxylation is 1. The third-order valence-electron chi connectivity index (χ3n) is 8.44. The molecule has 0 spiro atoms. The number of nitrogens with zero attached hydrogens (tertiary/aromatic N) is 7. The molecule has 1 N–H and O–H groups in total. The average molecular weight is 531 g/mol. The maximum atomic E-state index is 13.4. The molecular formula is C30H26N8O2. The summed E-state index contributed by atoms with van der Waals surface area (Å²) >= 11 is 0. The summed E-state index contributed by atoms with van der Waals surface area (Å²) in [6.45, 7) is 0.501. The average Bonchev–Trinajstić information content (AvgIpc) is 3.57. The molecule has 1 aromatic carbocycles. The smallest absolute Gasteiger partial charge is 0.277 e. The minimum absolute atomic E-state index is 0.111. The molecule has 2 aliphatic rings. The maximum Gasteiger partial charge on any atom is 0.277 e. The van der Waals surface area contributed by atoms with E-state index in [4.69, 9.17) is 4.98 Å². The van der Waals surface area contributed by atoms with Crippen molar-refractivity contribution in [2.24, 2.45) is 5.92 Å². The standard InChI is InChI=1S/C30H26N8O2/c31-14-20-16-33-38-28(20)36(17-18-6-2-1-3-7-18)26-13-19(10-11-22(26)30(38)40)12-25-23(15-32)27-34-24-9-5-4-8-21(24)29(39)37(27)35-25/h1-3,6-7,16,19,35H,4-5,8-13,17H2/t19-/m1/s1. The molecule has 1 atom stereocenters. The summed E-state index contributed by atoms with van der Waals surface area (Å²) in [6.07, 6.45) is 7.37. The zero-order chi connectivity index (χ0) is 27.4. The van der Waals surface area contributed by atoms with Gasteiger partial charge < -0.3 is 4.57 Å². The van der Waals surface area contributed by atoms with Gasteiger partial charge in [0, 0.05) is 23.4 Å². The van der Waals surface area contributed by atoms with Crippen LogP contribution < -0.4 is 11.1 Å². The van der Waals surface area contributed by atoms with Gasteiger partial charge in [0.05, 0.1) is 17.6 Å². The number of rotatable bonds is 4. The lowest BCUT2D eigenvalue weighted by atomic mass is 9.83. The Hall–Kier alpha value is -4.96. The quantitative estimate of drug-likeness (QED) is 0.379. The second-order valence-corrected chi connectivity index (χ2v) is 10.8. The molecule has 7 rings (SSSR count). The van der Waals surface area contributed by atoms with E-state index in [1.165, 1.54) is 15.2 Å². The Bertz CT molecular complexity index is 2010. The number of hydrogen-bond donors (Lipinski definition) is 1. The van der Waals surface area contributed by atoms with Gasteiger partial charge in [0.25, 0.3) is 11.1 Å². The molecule has 0 radical (unpaired) electrons. The molecule has 0 unspecified atom stereocenters. The van der Waals surface area contributed by atoms with E-state index >= 15 is 0 Å². The topological polar surface area (TPSA) is 137 Å². The molecule has 0 aliphatic heterocycles. The summed E-state index contributed by atoms with van der Waals surface area (Å²) < 4.78 is 4.85. The lowest BCUT2D eigenvalue weighted by molar-refractivity contribution is 0.427. The Morgan fingerprint density at radius 2 is 1.82 bits per heavy atom. The van der Waals surface area contributed by atoms with Gasteiger partial charge in [-0.05, 0) is 62.8 Å². The molecule has 0 saturated carbocycles. The van der Waals surface area contributed by atoms with Gasteiger partial charge in [-0.3, -0.25) is 14.7 Å². The van der Waals surface area contributed by atoms with Gasteiger partial charge >= 0.3 is 0 Å². The first kappa shape index (κ1) is 24.1. The van der Waals surface area contributed by atoms with Gasteiger partial charge in [0.1, 0.15) is 23.3 Å². The van der Waals surface area contributed by atoms with Crippen LogP contribution in [0.2, 0.25) is 0 Å². The number of fused-ring (bicyclic) bond motifs is 4. The molecule has 2 aliphatic carbocycles. The number of nitriles is 2. The second-order valence-electron chi connectivity index (χ2n) is 10.8. The minimum atomic E-state index is -0.182. The van der Waals surface area contributed by atoms with Crippen molar-refractivity contribution in [3.63, 3.8) is 0 Å². The van der Waals surface area contributed by atoms with Crippen LogP contribution in [0.1, 0.15) is 64.2 Å². The van der Waals surface area contributed by atoms with Gasteiger partial charge in [0.15, 0.2) is 11.3 Å². The van der Waals surface area contributed by atoms with Gasteiger partial charge in [-0.2, -0.15) is 24.7 Å². The van der Waals surface area contributed by atoms with Gasteiger partial charge in [-0.15, -0.1) is 0 Å². The fraction of sp³-hybridized carbons (Fsp3) is 0.333. The summed E-state index contributed by atoms with van der Waals surface area (Å²) in [5.74, 6) is 0.121. The number of nitrogens with one attached hydrogen (secondary N) is 1. The van der Waals surface area contributed by atoms with Crippen molar-refractivity contribution in [3.05, 3.63) is 102 Å². The molecule has 40 heavy (non-hydrogen) atoms. The fourth-order valence-corrected chi connectivity index (χ4v) is 6.49. The first-order chi connectivity index (χ1) is 19.6. The van der Waals surface area contributed by atoms with Gasteiger partial charge in [-0.1, -0.05) is 30.3 Å². The predicted octanol–water partition coefficient (Wildman–Crippen LogP) is 2.85. The summed E-state index contributed by atoms with van der Waals surface area (Å²) in [4.78, 5) is 31.4. The molecule has 5 aromatic rings. The molecular weight excluding hydrogens is 504 g/mol. The van der Waals surface area contributed by atoms with Crippen molar-refractivity contribution in [3.8, 4) is 12.1 Å². The van der Waals surface area contributed by atoms with E-state index in [9.17, 15) is 20.1 Å². The van der Waals surface area contributed by atoms with E-state index in [-0.39, 0.29) is 17.0 Å². The molecule has 0 saturated heterocycles. The number of aromatic nitrogens is 6. The third kappa shape index (κ3) is 3.68. The molecule has 10 heteroatoms. The van der Waals surface area contributed by atoms with Crippen LogP contribution >= 0.6 is 0 Å². The Balaban J connectivity index is 1.31. The van der Waals surface area contributed by atoms with Crippen molar-refractivity contribution in [2.45, 2.75) is 57.9 Å². The Morgan fingerprint density at radius 3 is 2.62 bits per heavy atom. The third-order valence-corrected chi connectivity index (χ3v) is 8.44. The Morgan fingerprint density at radius 1 is 1.00 bits per heavy atom. The van der Waals surface area contributed by atoms with Crippen LogP contribution in [-0.4, -0.2) is 28.8 Å². The molecule has 0 amide bonds. The molecule has 198 valence electrons. The highest BCUT2D eigenvalue weighted by atomic mass is 16.1. The highest BCUT2D eigenvalue weighted by molar-refractivity contribution is 5.59.